The number of ether oxygens (including phenoxy) is 2. The molecule has 1 aromatic carbocycles. The van der Waals surface area contributed by atoms with E-state index >= 15 is 0 Å². The van der Waals surface area contributed by atoms with Crippen LogP contribution in [0.25, 0.3) is 0 Å². The smallest absolute Gasteiger partial charge is 0.317 e. The van der Waals surface area contributed by atoms with Crippen LogP contribution in [0, 0.1) is 11.3 Å². The summed E-state index contributed by atoms with van der Waals surface area (Å²) in [4.78, 5) is 26.6. The Morgan fingerprint density at radius 1 is 1.28 bits per heavy atom. The molecule has 2 fully saturated rings. The van der Waals surface area contributed by atoms with Gasteiger partial charge in [0.1, 0.15) is 0 Å². The van der Waals surface area contributed by atoms with Gasteiger partial charge in [-0.05, 0) is 38.8 Å². The molecule has 1 saturated heterocycles. The number of likely N-dealkylation sites (tertiary alicyclic amines) is 1. The van der Waals surface area contributed by atoms with Crippen LogP contribution < -0.4 is 20.1 Å². The monoisotopic (exact) mass is 345 g/mol. The number of hydrogen-bond acceptors (Lipinski definition) is 4. The summed E-state index contributed by atoms with van der Waals surface area (Å²) in [6, 6.07) is 5.49. The minimum absolute atomic E-state index is 0.0185. The average molecular weight is 345 g/mol. The van der Waals surface area contributed by atoms with E-state index in [1.807, 2.05) is 24.8 Å². The van der Waals surface area contributed by atoms with Gasteiger partial charge in [0.25, 0.3) is 0 Å². The van der Waals surface area contributed by atoms with Gasteiger partial charge in [-0.2, -0.15) is 0 Å². The fourth-order valence-electron chi connectivity index (χ4n) is 3.78. The van der Waals surface area contributed by atoms with Gasteiger partial charge in [-0.3, -0.25) is 4.79 Å². The molecule has 3 amide bonds. The van der Waals surface area contributed by atoms with Crippen molar-refractivity contribution in [3.05, 3.63) is 18.2 Å². The van der Waals surface area contributed by atoms with Gasteiger partial charge in [0.2, 0.25) is 12.7 Å². The number of urea groups is 1. The normalized spacial score (nSPS) is 26.2. The Hall–Kier alpha value is -2.44. The minimum atomic E-state index is -0.0469. The Labute approximate surface area is 146 Å². The summed E-state index contributed by atoms with van der Waals surface area (Å²) in [5, 5.41) is 5.89. The molecule has 1 spiro atoms. The van der Waals surface area contributed by atoms with E-state index in [-0.39, 0.29) is 36.1 Å². The van der Waals surface area contributed by atoms with Crippen LogP contribution in [0.4, 0.5) is 10.5 Å². The van der Waals surface area contributed by atoms with Gasteiger partial charge in [0.15, 0.2) is 11.5 Å². The van der Waals surface area contributed by atoms with E-state index in [0.29, 0.717) is 30.3 Å². The van der Waals surface area contributed by atoms with Crippen LogP contribution in [0.2, 0.25) is 0 Å². The van der Waals surface area contributed by atoms with E-state index in [9.17, 15) is 9.59 Å². The number of nitrogens with zero attached hydrogens (tertiary/aromatic N) is 1. The molecule has 4 rings (SSSR count). The number of carbonyl (C=O) groups is 2. The molecule has 2 heterocycles. The first-order chi connectivity index (χ1) is 12.0. The third-order valence-corrected chi connectivity index (χ3v) is 5.23. The molecule has 0 bridgehead atoms. The van der Waals surface area contributed by atoms with E-state index < -0.39 is 0 Å². The zero-order valence-corrected chi connectivity index (χ0v) is 14.5. The molecule has 3 aliphatic rings. The van der Waals surface area contributed by atoms with Crippen LogP contribution in [-0.2, 0) is 4.79 Å². The molecule has 7 nitrogen and oxygen atoms in total. The Bertz CT molecular complexity index is 720. The van der Waals surface area contributed by atoms with Crippen molar-refractivity contribution >= 4 is 17.6 Å². The lowest BCUT2D eigenvalue weighted by molar-refractivity contribution is -0.118. The number of anilines is 1. The number of benzene rings is 1. The van der Waals surface area contributed by atoms with Gasteiger partial charge in [0, 0.05) is 42.2 Å². The molecule has 7 heteroatoms. The Morgan fingerprint density at radius 2 is 2.08 bits per heavy atom. The van der Waals surface area contributed by atoms with Gasteiger partial charge in [0.05, 0.1) is 0 Å². The van der Waals surface area contributed by atoms with Crippen LogP contribution in [0.3, 0.4) is 0 Å². The summed E-state index contributed by atoms with van der Waals surface area (Å²) >= 11 is 0. The molecule has 2 N–H and O–H groups in total. The number of fused-ring (bicyclic) bond motifs is 1. The summed E-state index contributed by atoms with van der Waals surface area (Å²) < 4.78 is 10.6. The van der Waals surface area contributed by atoms with Gasteiger partial charge in [-0.15, -0.1) is 0 Å². The summed E-state index contributed by atoms with van der Waals surface area (Å²) in [6.07, 6.45) is 1.73. The molecule has 2 atom stereocenters. The fourth-order valence-corrected chi connectivity index (χ4v) is 3.78. The second kappa shape index (κ2) is 5.82. The van der Waals surface area contributed by atoms with Crippen LogP contribution in [0.1, 0.15) is 26.7 Å². The summed E-state index contributed by atoms with van der Waals surface area (Å²) in [6.45, 7) is 5.48. The van der Waals surface area contributed by atoms with Crippen LogP contribution in [0.15, 0.2) is 18.2 Å². The van der Waals surface area contributed by atoms with E-state index in [1.165, 1.54) is 0 Å². The van der Waals surface area contributed by atoms with E-state index in [2.05, 4.69) is 10.6 Å². The highest BCUT2D eigenvalue weighted by molar-refractivity contribution is 5.95. The lowest BCUT2D eigenvalue weighted by atomic mass is 10.0. The maximum Gasteiger partial charge on any atom is 0.317 e. The predicted molar refractivity (Wildman–Crippen MR) is 91.6 cm³/mol. The molecular formula is C18H23N3O4. The summed E-state index contributed by atoms with van der Waals surface area (Å²) in [7, 11) is 0. The van der Waals surface area contributed by atoms with Crippen molar-refractivity contribution in [2.24, 2.45) is 11.3 Å². The predicted octanol–water partition coefficient (Wildman–Crippen LogP) is 2.18. The minimum Gasteiger partial charge on any atom is -0.454 e. The zero-order valence-electron chi connectivity index (χ0n) is 14.5. The number of hydrogen-bond donors (Lipinski definition) is 2. The molecule has 134 valence electrons. The first-order valence-electron chi connectivity index (χ1n) is 8.73. The largest absolute Gasteiger partial charge is 0.454 e. The van der Waals surface area contributed by atoms with Gasteiger partial charge < -0.3 is 25.0 Å². The summed E-state index contributed by atoms with van der Waals surface area (Å²) in [5.41, 5.74) is 0.665. The van der Waals surface area contributed by atoms with Crippen molar-refractivity contribution in [2.75, 3.05) is 25.2 Å². The molecule has 0 radical (unpaired) electrons. The van der Waals surface area contributed by atoms with Crippen molar-refractivity contribution in [3.63, 3.8) is 0 Å². The highest BCUT2D eigenvalue weighted by Crippen LogP contribution is 2.58. The van der Waals surface area contributed by atoms with Crippen molar-refractivity contribution in [1.82, 2.24) is 10.2 Å². The number of carbonyl (C=O) groups excluding carboxylic acids is 2. The standard InChI is InChI=1S/C18H23N3O4/c1-11(2)19-17(23)21-6-5-18(9-21)8-13(18)16(22)20-12-3-4-14-15(7-12)25-10-24-14/h3-4,7,11,13H,5-6,8-10H2,1-2H3,(H,19,23)(H,20,22)/t13-,18-/m0/s1. The Kier molecular flexibility index (Phi) is 3.74. The maximum atomic E-state index is 12.6. The highest BCUT2D eigenvalue weighted by atomic mass is 16.7. The van der Waals surface area contributed by atoms with Crippen molar-refractivity contribution < 1.29 is 19.1 Å². The van der Waals surface area contributed by atoms with Crippen LogP contribution >= 0.6 is 0 Å². The zero-order chi connectivity index (χ0) is 17.6. The molecule has 0 unspecified atom stereocenters. The molecule has 1 saturated carbocycles. The lowest BCUT2D eigenvalue weighted by Crippen LogP contribution is -2.42. The molecule has 1 aliphatic carbocycles. The molecule has 2 aliphatic heterocycles. The lowest BCUT2D eigenvalue weighted by Gasteiger charge is -2.19. The topological polar surface area (TPSA) is 79.9 Å². The molecule has 1 aromatic rings. The van der Waals surface area contributed by atoms with E-state index in [4.69, 9.17) is 9.47 Å². The second-order valence-corrected chi connectivity index (χ2v) is 7.45. The maximum absolute atomic E-state index is 12.6. The average Bonchev–Trinajstić information content (AvgIpc) is 2.90. The van der Waals surface area contributed by atoms with Crippen molar-refractivity contribution in [1.29, 1.82) is 0 Å². The van der Waals surface area contributed by atoms with Crippen molar-refractivity contribution in [2.45, 2.75) is 32.7 Å². The summed E-state index contributed by atoms with van der Waals surface area (Å²) in [5.74, 6) is 1.34. The Balaban J connectivity index is 1.35. The first-order valence-corrected chi connectivity index (χ1v) is 8.73. The van der Waals surface area contributed by atoms with Crippen LogP contribution in [-0.4, -0.2) is 42.8 Å². The third kappa shape index (κ3) is 2.99. The number of nitrogens with one attached hydrogen (secondary N) is 2. The van der Waals surface area contributed by atoms with E-state index in [1.54, 1.807) is 12.1 Å². The van der Waals surface area contributed by atoms with E-state index in [0.717, 1.165) is 12.8 Å². The van der Waals surface area contributed by atoms with Gasteiger partial charge in [-0.25, -0.2) is 4.79 Å². The van der Waals surface area contributed by atoms with Gasteiger partial charge >= 0.3 is 6.03 Å². The fraction of sp³-hybridized carbons (Fsp3) is 0.556. The quantitative estimate of drug-likeness (QED) is 0.880. The SMILES string of the molecule is CC(C)NC(=O)N1CC[C@]2(C[C@H]2C(=O)Nc2ccc3c(c2)OCO3)C1. The first kappa shape index (κ1) is 16.1. The van der Waals surface area contributed by atoms with Gasteiger partial charge in [-0.1, -0.05) is 0 Å². The second-order valence-electron chi connectivity index (χ2n) is 7.45. The third-order valence-electron chi connectivity index (χ3n) is 5.23. The molecular weight excluding hydrogens is 322 g/mol. The molecule has 0 aromatic heterocycles. The molecule has 25 heavy (non-hydrogen) atoms. The van der Waals surface area contributed by atoms with Crippen LogP contribution in [0.5, 0.6) is 11.5 Å². The number of amides is 3. The highest BCUT2D eigenvalue weighted by Gasteiger charge is 2.61. The Morgan fingerprint density at radius 3 is 2.88 bits per heavy atom. The van der Waals surface area contributed by atoms with Crippen molar-refractivity contribution in [3.8, 4) is 11.5 Å². The number of rotatable bonds is 3.